The van der Waals surface area contributed by atoms with Crippen LogP contribution in [-0.2, 0) is 5.88 Å². The van der Waals surface area contributed by atoms with E-state index in [1.54, 1.807) is 0 Å². The van der Waals surface area contributed by atoms with Gasteiger partial charge in [0.05, 0.1) is 0 Å². The van der Waals surface area contributed by atoms with E-state index >= 15 is 0 Å². The molecular formula is C17H24ClN. The number of alkyl halides is 1. The molecule has 0 radical (unpaired) electrons. The van der Waals surface area contributed by atoms with Crippen molar-refractivity contribution in [3.05, 3.63) is 29.8 Å². The van der Waals surface area contributed by atoms with E-state index in [-0.39, 0.29) is 0 Å². The van der Waals surface area contributed by atoms with Gasteiger partial charge in [0, 0.05) is 24.7 Å². The fourth-order valence-electron chi connectivity index (χ4n) is 3.96. The molecule has 19 heavy (non-hydrogen) atoms. The number of benzene rings is 1. The Labute approximate surface area is 121 Å². The molecular weight excluding hydrogens is 254 g/mol. The van der Waals surface area contributed by atoms with Crippen molar-refractivity contribution in [2.24, 2.45) is 5.41 Å². The zero-order valence-electron chi connectivity index (χ0n) is 11.7. The van der Waals surface area contributed by atoms with Crippen molar-refractivity contribution >= 4 is 17.3 Å². The Kier molecular flexibility index (Phi) is 4.02. The highest BCUT2D eigenvalue weighted by atomic mass is 35.5. The first-order valence-corrected chi connectivity index (χ1v) is 8.25. The lowest BCUT2D eigenvalue weighted by Crippen LogP contribution is -2.41. The molecule has 1 saturated heterocycles. The van der Waals surface area contributed by atoms with Crippen LogP contribution < -0.4 is 4.90 Å². The van der Waals surface area contributed by atoms with E-state index in [2.05, 4.69) is 29.2 Å². The topological polar surface area (TPSA) is 3.24 Å². The van der Waals surface area contributed by atoms with Gasteiger partial charge in [0.15, 0.2) is 0 Å². The van der Waals surface area contributed by atoms with Crippen molar-refractivity contribution < 1.29 is 0 Å². The number of anilines is 1. The van der Waals surface area contributed by atoms with Crippen molar-refractivity contribution in [3.63, 3.8) is 0 Å². The van der Waals surface area contributed by atoms with Crippen LogP contribution in [0.2, 0.25) is 0 Å². The zero-order valence-corrected chi connectivity index (χ0v) is 12.5. The molecule has 0 aromatic heterocycles. The standard InChI is InChI=1S/C17H24ClN/c18-14-15-6-2-3-7-16(15)19-12-10-17(11-13-19)8-4-1-5-9-17/h2-3,6-7H,1,4-5,8-14H2. The highest BCUT2D eigenvalue weighted by Gasteiger charge is 2.35. The predicted molar refractivity (Wildman–Crippen MR) is 83.0 cm³/mol. The molecule has 2 fully saturated rings. The van der Waals surface area contributed by atoms with Crippen LogP contribution >= 0.6 is 11.6 Å². The molecule has 1 aliphatic carbocycles. The highest BCUT2D eigenvalue weighted by Crippen LogP contribution is 2.45. The number of nitrogens with zero attached hydrogens (tertiary/aromatic N) is 1. The van der Waals surface area contributed by atoms with E-state index in [1.165, 1.54) is 69.3 Å². The molecule has 1 aromatic carbocycles. The van der Waals surface area contributed by atoms with Crippen molar-refractivity contribution in [1.82, 2.24) is 0 Å². The number of hydrogen-bond donors (Lipinski definition) is 0. The first-order valence-electron chi connectivity index (χ1n) is 7.72. The summed E-state index contributed by atoms with van der Waals surface area (Å²) in [4.78, 5) is 2.55. The molecule has 1 aromatic rings. The van der Waals surface area contributed by atoms with Gasteiger partial charge in [-0.05, 0) is 42.7 Å². The summed E-state index contributed by atoms with van der Waals surface area (Å²) in [6.45, 7) is 2.43. The summed E-state index contributed by atoms with van der Waals surface area (Å²) in [6.07, 6.45) is 10.1. The fraction of sp³-hybridized carbons (Fsp3) is 0.647. The number of rotatable bonds is 2. The second kappa shape index (κ2) is 5.75. The SMILES string of the molecule is ClCc1ccccc1N1CCC2(CCCCC2)CC1. The number of hydrogen-bond acceptors (Lipinski definition) is 1. The molecule has 1 nitrogen and oxygen atoms in total. The molecule has 0 bridgehead atoms. The molecule has 104 valence electrons. The van der Waals surface area contributed by atoms with Gasteiger partial charge >= 0.3 is 0 Å². The lowest BCUT2D eigenvalue weighted by atomic mass is 9.68. The van der Waals surface area contributed by atoms with Gasteiger partial charge in [-0.1, -0.05) is 37.5 Å². The molecule has 1 heterocycles. The third kappa shape index (κ3) is 2.76. The maximum Gasteiger partial charge on any atom is 0.0494 e. The minimum atomic E-state index is 0.623. The summed E-state index contributed by atoms with van der Waals surface area (Å²) in [6, 6.07) is 8.62. The molecule has 0 unspecified atom stereocenters. The van der Waals surface area contributed by atoms with Crippen molar-refractivity contribution in [2.75, 3.05) is 18.0 Å². The van der Waals surface area contributed by atoms with Crippen LogP contribution in [0.5, 0.6) is 0 Å². The van der Waals surface area contributed by atoms with Crippen molar-refractivity contribution in [2.45, 2.75) is 50.8 Å². The number of para-hydroxylation sites is 1. The average Bonchev–Trinajstić information content (AvgIpc) is 2.49. The van der Waals surface area contributed by atoms with E-state index in [9.17, 15) is 0 Å². The molecule has 3 rings (SSSR count). The van der Waals surface area contributed by atoms with Gasteiger partial charge < -0.3 is 4.90 Å². The minimum Gasteiger partial charge on any atom is -0.371 e. The second-order valence-electron chi connectivity index (χ2n) is 6.31. The van der Waals surface area contributed by atoms with E-state index in [0.29, 0.717) is 11.3 Å². The number of piperidine rings is 1. The predicted octanol–water partition coefficient (Wildman–Crippen LogP) is 4.98. The van der Waals surface area contributed by atoms with Gasteiger partial charge in [-0.15, -0.1) is 11.6 Å². The third-order valence-corrected chi connectivity index (χ3v) is 5.50. The highest BCUT2D eigenvalue weighted by molar-refractivity contribution is 6.17. The van der Waals surface area contributed by atoms with Crippen LogP contribution in [0.15, 0.2) is 24.3 Å². The van der Waals surface area contributed by atoms with E-state index in [4.69, 9.17) is 11.6 Å². The van der Waals surface area contributed by atoms with Gasteiger partial charge in [-0.2, -0.15) is 0 Å². The Morgan fingerprint density at radius 1 is 0.947 bits per heavy atom. The van der Waals surface area contributed by atoms with Crippen LogP contribution in [-0.4, -0.2) is 13.1 Å². The monoisotopic (exact) mass is 277 g/mol. The molecule has 1 saturated carbocycles. The van der Waals surface area contributed by atoms with E-state index < -0.39 is 0 Å². The van der Waals surface area contributed by atoms with Gasteiger partial charge in [0.1, 0.15) is 0 Å². The van der Waals surface area contributed by atoms with Crippen LogP contribution in [0.1, 0.15) is 50.5 Å². The number of halogens is 1. The smallest absolute Gasteiger partial charge is 0.0494 e. The van der Waals surface area contributed by atoms with Crippen LogP contribution in [0, 0.1) is 5.41 Å². The molecule has 1 spiro atoms. The second-order valence-corrected chi connectivity index (χ2v) is 6.58. The molecule has 2 heteroatoms. The molecule has 0 atom stereocenters. The molecule has 0 amide bonds. The summed E-state index contributed by atoms with van der Waals surface area (Å²) in [5, 5.41) is 0. The van der Waals surface area contributed by atoms with E-state index in [1.807, 2.05) is 0 Å². The van der Waals surface area contributed by atoms with Gasteiger partial charge in [-0.25, -0.2) is 0 Å². The maximum atomic E-state index is 6.07. The maximum absolute atomic E-state index is 6.07. The van der Waals surface area contributed by atoms with Gasteiger partial charge in [0.2, 0.25) is 0 Å². The fourth-order valence-corrected chi connectivity index (χ4v) is 4.18. The van der Waals surface area contributed by atoms with Gasteiger partial charge in [0.25, 0.3) is 0 Å². The first-order chi connectivity index (χ1) is 9.33. The Bertz CT molecular complexity index is 413. The quantitative estimate of drug-likeness (QED) is 0.690. The zero-order chi connectivity index (χ0) is 13.1. The minimum absolute atomic E-state index is 0.623. The Morgan fingerprint density at radius 2 is 1.63 bits per heavy atom. The Morgan fingerprint density at radius 3 is 2.32 bits per heavy atom. The summed E-state index contributed by atoms with van der Waals surface area (Å²) in [7, 11) is 0. The van der Waals surface area contributed by atoms with E-state index in [0.717, 1.165) is 0 Å². The third-order valence-electron chi connectivity index (χ3n) is 5.21. The lowest BCUT2D eigenvalue weighted by molar-refractivity contribution is 0.144. The summed E-state index contributed by atoms with van der Waals surface area (Å²) >= 11 is 6.07. The summed E-state index contributed by atoms with van der Waals surface area (Å²) in [5.74, 6) is 0.623. The van der Waals surface area contributed by atoms with Crippen molar-refractivity contribution in [3.8, 4) is 0 Å². The Balaban J connectivity index is 1.69. The molecule has 2 aliphatic rings. The summed E-state index contributed by atoms with van der Waals surface area (Å²) < 4.78 is 0. The normalized spacial score (nSPS) is 22.7. The van der Waals surface area contributed by atoms with Gasteiger partial charge in [-0.3, -0.25) is 0 Å². The van der Waals surface area contributed by atoms with Crippen LogP contribution in [0.25, 0.3) is 0 Å². The summed E-state index contributed by atoms with van der Waals surface area (Å²) in [5.41, 5.74) is 3.33. The molecule has 1 aliphatic heterocycles. The lowest BCUT2D eigenvalue weighted by Gasteiger charge is -2.45. The largest absolute Gasteiger partial charge is 0.371 e. The van der Waals surface area contributed by atoms with Crippen LogP contribution in [0.4, 0.5) is 5.69 Å². The van der Waals surface area contributed by atoms with Crippen molar-refractivity contribution in [1.29, 1.82) is 0 Å². The average molecular weight is 278 g/mol. The van der Waals surface area contributed by atoms with Crippen LogP contribution in [0.3, 0.4) is 0 Å². The first kappa shape index (κ1) is 13.3. The Hall–Kier alpha value is -0.690. The molecule has 0 N–H and O–H groups in total.